The van der Waals surface area contributed by atoms with E-state index in [4.69, 9.17) is 18.9 Å². The van der Waals surface area contributed by atoms with Crippen molar-refractivity contribution in [2.75, 3.05) is 45.4 Å². The number of ether oxygens (including phenoxy) is 4. The number of allylic oxidation sites excluding steroid dienone is 1. The highest BCUT2D eigenvalue weighted by Crippen LogP contribution is 2.36. The molecule has 0 radical (unpaired) electrons. The molecule has 0 N–H and O–H groups in total. The number of aromatic nitrogens is 1. The monoisotopic (exact) mass is 579 g/mol. The fourth-order valence-corrected chi connectivity index (χ4v) is 6.02. The highest BCUT2D eigenvalue weighted by molar-refractivity contribution is 7.07. The minimum atomic E-state index is -0.760. The number of methoxy groups -OCH3 is 2. The molecule has 1 aliphatic rings. The van der Waals surface area contributed by atoms with Gasteiger partial charge < -0.3 is 23.8 Å². The Labute approximate surface area is 244 Å². The molecule has 2 heterocycles. The molecule has 1 atom stereocenters. The summed E-state index contributed by atoms with van der Waals surface area (Å²) in [5.41, 5.74) is 3.03. The first-order valence-corrected chi connectivity index (χ1v) is 14.6. The molecule has 0 spiro atoms. The van der Waals surface area contributed by atoms with Gasteiger partial charge in [0.2, 0.25) is 0 Å². The summed E-state index contributed by atoms with van der Waals surface area (Å²) >= 11 is 1.27. The minimum absolute atomic E-state index is 0.197. The van der Waals surface area contributed by atoms with E-state index in [1.54, 1.807) is 44.8 Å². The van der Waals surface area contributed by atoms with Crippen LogP contribution >= 0.6 is 11.3 Å². The molecule has 1 aromatic heterocycles. The molecule has 0 unspecified atom stereocenters. The molecule has 218 valence electrons. The van der Waals surface area contributed by atoms with Crippen LogP contribution < -0.4 is 34.0 Å². The van der Waals surface area contributed by atoms with Gasteiger partial charge >= 0.3 is 5.97 Å². The quantitative estimate of drug-likeness (QED) is 0.317. The molecule has 3 aromatic rings. The molecule has 41 heavy (non-hydrogen) atoms. The van der Waals surface area contributed by atoms with E-state index < -0.39 is 12.0 Å². The van der Waals surface area contributed by atoms with Crippen LogP contribution in [0.3, 0.4) is 0 Å². The number of rotatable bonds is 11. The van der Waals surface area contributed by atoms with Crippen LogP contribution in [0.15, 0.2) is 57.5 Å². The zero-order valence-corrected chi connectivity index (χ0v) is 25.5. The lowest BCUT2D eigenvalue weighted by atomic mass is 9.95. The van der Waals surface area contributed by atoms with Crippen molar-refractivity contribution >= 4 is 29.1 Å². The second-order valence-electron chi connectivity index (χ2n) is 9.24. The van der Waals surface area contributed by atoms with Gasteiger partial charge in [-0.2, -0.15) is 0 Å². The largest absolute Gasteiger partial charge is 0.496 e. The molecule has 9 nitrogen and oxygen atoms in total. The van der Waals surface area contributed by atoms with E-state index in [1.165, 1.54) is 11.3 Å². The summed E-state index contributed by atoms with van der Waals surface area (Å²) in [6, 6.07) is 10.6. The van der Waals surface area contributed by atoms with Crippen LogP contribution in [0.1, 0.15) is 51.8 Å². The van der Waals surface area contributed by atoms with Gasteiger partial charge in [-0.1, -0.05) is 17.4 Å². The molecule has 4 rings (SSSR count). The van der Waals surface area contributed by atoms with Crippen LogP contribution in [-0.2, 0) is 9.53 Å². The minimum Gasteiger partial charge on any atom is -0.496 e. The summed E-state index contributed by atoms with van der Waals surface area (Å²) in [6.07, 6.45) is 1.81. The zero-order chi connectivity index (χ0) is 29.7. The lowest BCUT2D eigenvalue weighted by Gasteiger charge is -2.25. The predicted octanol–water partition coefficient (Wildman–Crippen LogP) is 4.06. The van der Waals surface area contributed by atoms with Crippen molar-refractivity contribution in [1.29, 1.82) is 0 Å². The Hall–Kier alpha value is -4.05. The third-order valence-corrected chi connectivity index (χ3v) is 7.94. The van der Waals surface area contributed by atoms with Gasteiger partial charge in [-0.3, -0.25) is 9.36 Å². The van der Waals surface area contributed by atoms with E-state index in [0.29, 0.717) is 50.0 Å². The molecular weight excluding hydrogens is 542 g/mol. The van der Waals surface area contributed by atoms with E-state index in [1.807, 2.05) is 37.3 Å². The Bertz CT molecular complexity index is 1630. The summed E-state index contributed by atoms with van der Waals surface area (Å²) in [5.74, 6) is 1.22. The van der Waals surface area contributed by atoms with Crippen LogP contribution in [0.5, 0.6) is 17.2 Å². The Kier molecular flexibility index (Phi) is 9.54. The normalized spacial score (nSPS) is 14.8. The summed E-state index contributed by atoms with van der Waals surface area (Å²) in [6.45, 7) is 12.0. The molecule has 0 amide bonds. The van der Waals surface area contributed by atoms with Crippen molar-refractivity contribution < 1.29 is 23.7 Å². The first-order valence-electron chi connectivity index (χ1n) is 13.7. The molecule has 1 aliphatic heterocycles. The first kappa shape index (κ1) is 29.9. The molecule has 10 heteroatoms. The van der Waals surface area contributed by atoms with Gasteiger partial charge in [-0.15, -0.1) is 0 Å². The van der Waals surface area contributed by atoms with Gasteiger partial charge in [0.25, 0.3) is 5.56 Å². The van der Waals surface area contributed by atoms with Crippen molar-refractivity contribution in [3.63, 3.8) is 0 Å². The number of fused-ring (bicyclic) bond motifs is 1. The van der Waals surface area contributed by atoms with Crippen molar-refractivity contribution in [1.82, 2.24) is 4.57 Å². The van der Waals surface area contributed by atoms with E-state index >= 15 is 0 Å². The maximum Gasteiger partial charge on any atom is 0.338 e. The number of hydrogen-bond acceptors (Lipinski definition) is 9. The van der Waals surface area contributed by atoms with E-state index in [0.717, 1.165) is 24.3 Å². The van der Waals surface area contributed by atoms with Crippen LogP contribution in [0.25, 0.3) is 6.08 Å². The first-order chi connectivity index (χ1) is 19.8. The van der Waals surface area contributed by atoms with Crippen molar-refractivity contribution in [3.05, 3.63) is 78.5 Å². The lowest BCUT2D eigenvalue weighted by Crippen LogP contribution is -2.40. The van der Waals surface area contributed by atoms with Crippen LogP contribution in [0.2, 0.25) is 0 Å². The smallest absolute Gasteiger partial charge is 0.338 e. The van der Waals surface area contributed by atoms with Gasteiger partial charge in [-0.05, 0) is 70.5 Å². The second kappa shape index (κ2) is 13.1. The summed E-state index contributed by atoms with van der Waals surface area (Å²) < 4.78 is 24.4. The Balaban J connectivity index is 1.93. The van der Waals surface area contributed by atoms with E-state index in [-0.39, 0.29) is 12.2 Å². The number of benzene rings is 2. The van der Waals surface area contributed by atoms with Gasteiger partial charge in [0, 0.05) is 30.4 Å². The number of anilines is 1. The molecule has 2 aromatic carbocycles. The number of esters is 1. The number of carbonyl (C=O) groups is 1. The number of nitrogens with zero attached hydrogens (tertiary/aromatic N) is 3. The maximum absolute atomic E-state index is 14.0. The Morgan fingerprint density at radius 3 is 2.37 bits per heavy atom. The fraction of sp³-hybridized carbons (Fsp3) is 0.387. The molecule has 0 aliphatic carbocycles. The van der Waals surface area contributed by atoms with Crippen molar-refractivity contribution in [2.45, 2.75) is 40.7 Å². The summed E-state index contributed by atoms with van der Waals surface area (Å²) in [4.78, 5) is 34.7. The van der Waals surface area contributed by atoms with Gasteiger partial charge in [-0.25, -0.2) is 9.79 Å². The van der Waals surface area contributed by atoms with Gasteiger partial charge in [0.1, 0.15) is 5.75 Å². The summed E-state index contributed by atoms with van der Waals surface area (Å²) in [5, 5.41) is 0. The summed E-state index contributed by atoms with van der Waals surface area (Å²) in [7, 11) is 3.19. The highest BCUT2D eigenvalue weighted by atomic mass is 32.1. The third kappa shape index (κ3) is 5.88. The topological polar surface area (TPSA) is 91.6 Å². The van der Waals surface area contributed by atoms with E-state index in [2.05, 4.69) is 23.7 Å². The SMILES string of the molecule is CCOC(=O)C1=C(C)N=c2s/c(=C\c3ccc(N(CC)CC)cc3OC)c(=O)n2[C@@H]1c1ccc(OC)c(OCC)c1. The van der Waals surface area contributed by atoms with Crippen molar-refractivity contribution in [3.8, 4) is 17.2 Å². The fourth-order valence-electron chi connectivity index (χ4n) is 4.98. The molecule has 0 saturated carbocycles. The van der Waals surface area contributed by atoms with Gasteiger partial charge in [0.15, 0.2) is 16.3 Å². The highest BCUT2D eigenvalue weighted by Gasteiger charge is 2.34. The predicted molar refractivity (Wildman–Crippen MR) is 161 cm³/mol. The van der Waals surface area contributed by atoms with Crippen LogP contribution in [-0.4, -0.2) is 51.1 Å². The van der Waals surface area contributed by atoms with E-state index in [9.17, 15) is 9.59 Å². The average molecular weight is 580 g/mol. The van der Waals surface area contributed by atoms with Crippen LogP contribution in [0, 0.1) is 0 Å². The Morgan fingerprint density at radius 2 is 1.73 bits per heavy atom. The number of carbonyl (C=O) groups excluding carboxylic acids is 1. The number of hydrogen-bond donors (Lipinski definition) is 0. The molecule has 0 bridgehead atoms. The molecule has 0 fully saturated rings. The number of thiazole rings is 1. The Morgan fingerprint density at radius 1 is 1.00 bits per heavy atom. The third-order valence-electron chi connectivity index (χ3n) is 6.95. The lowest BCUT2D eigenvalue weighted by molar-refractivity contribution is -0.139. The molecular formula is C31H37N3O6S. The second-order valence-corrected chi connectivity index (χ2v) is 10.3. The standard InChI is InChI=1S/C31H37N3O6S/c1-8-33(9-2)22-14-12-20(24(18-22)38-7)17-26-29(35)34-28(21-13-15-23(37-6)25(16-21)39-10-3)27(30(36)40-11-4)19(5)32-31(34)41-26/h12-18,28H,8-11H2,1-7H3/b26-17-/t28-/m1/s1. The van der Waals surface area contributed by atoms with Gasteiger partial charge in [0.05, 0.1) is 49.3 Å². The van der Waals surface area contributed by atoms with Crippen LogP contribution in [0.4, 0.5) is 5.69 Å². The average Bonchev–Trinajstić information content (AvgIpc) is 3.27. The maximum atomic E-state index is 14.0. The molecule has 0 saturated heterocycles. The van der Waals surface area contributed by atoms with Crippen molar-refractivity contribution in [2.24, 2.45) is 4.99 Å². The zero-order valence-electron chi connectivity index (χ0n) is 24.6.